The number of carbonyl (C=O) groups excluding carboxylic acids is 1. The molecular weight excluding hydrogens is 232 g/mol. The predicted molar refractivity (Wildman–Crippen MR) is 60.5 cm³/mol. The molecule has 2 N–H and O–H groups in total. The lowest BCUT2D eigenvalue weighted by Gasteiger charge is -2.20. The highest BCUT2D eigenvalue weighted by Gasteiger charge is 2.18. The molecule has 90 valence electrons. The van der Waals surface area contributed by atoms with E-state index in [2.05, 4.69) is 0 Å². The number of nitrogens with zero attached hydrogens (tertiary/aromatic N) is 2. The third kappa shape index (κ3) is 2.98. The van der Waals surface area contributed by atoms with Gasteiger partial charge in [0.2, 0.25) is 0 Å². The summed E-state index contributed by atoms with van der Waals surface area (Å²) in [7, 11) is 1.72. The average molecular weight is 247 g/mol. The molecule has 0 aromatic carbocycles. The molecule has 1 amide bonds. The molecule has 0 atom stereocenters. The lowest BCUT2D eigenvalue weighted by atomic mass is 10.3. The number of halogens is 1. The molecule has 0 unspecified atom stereocenters. The van der Waals surface area contributed by atoms with Gasteiger partial charge in [-0.3, -0.25) is 4.79 Å². The van der Waals surface area contributed by atoms with Crippen molar-refractivity contribution in [3.05, 3.63) is 23.0 Å². The SMILES string of the molecule is Cn1cc(Cl)cc1C(=O)N(CCO)CCO. The fraction of sp³-hybridized carbons (Fsp3) is 0.500. The van der Waals surface area contributed by atoms with Crippen LogP contribution in [-0.4, -0.2) is 51.9 Å². The highest BCUT2D eigenvalue weighted by Crippen LogP contribution is 2.14. The molecule has 0 aliphatic heterocycles. The summed E-state index contributed by atoms with van der Waals surface area (Å²) in [4.78, 5) is 13.4. The molecule has 0 saturated heterocycles. The number of rotatable bonds is 5. The third-order valence-corrected chi connectivity index (χ3v) is 2.42. The van der Waals surface area contributed by atoms with E-state index in [1.807, 2.05) is 0 Å². The van der Waals surface area contributed by atoms with Crippen molar-refractivity contribution in [2.45, 2.75) is 0 Å². The van der Waals surface area contributed by atoms with Crippen LogP contribution in [0.4, 0.5) is 0 Å². The number of aliphatic hydroxyl groups is 2. The van der Waals surface area contributed by atoms with Crippen molar-refractivity contribution in [3.8, 4) is 0 Å². The van der Waals surface area contributed by atoms with Crippen LogP contribution in [0.2, 0.25) is 5.02 Å². The number of amides is 1. The summed E-state index contributed by atoms with van der Waals surface area (Å²) in [5.74, 6) is -0.252. The number of aromatic nitrogens is 1. The highest BCUT2D eigenvalue weighted by molar-refractivity contribution is 6.31. The molecule has 0 fully saturated rings. The maximum Gasteiger partial charge on any atom is 0.270 e. The van der Waals surface area contributed by atoms with E-state index in [0.29, 0.717) is 10.7 Å². The van der Waals surface area contributed by atoms with E-state index in [1.165, 1.54) is 4.90 Å². The average Bonchev–Trinajstić information content (AvgIpc) is 2.56. The van der Waals surface area contributed by atoms with Gasteiger partial charge < -0.3 is 19.7 Å². The number of carbonyl (C=O) groups is 1. The molecule has 16 heavy (non-hydrogen) atoms. The van der Waals surface area contributed by atoms with Crippen LogP contribution in [0.1, 0.15) is 10.5 Å². The topological polar surface area (TPSA) is 65.7 Å². The number of aryl methyl sites for hydroxylation is 1. The first-order chi connectivity index (χ1) is 7.60. The smallest absolute Gasteiger partial charge is 0.270 e. The maximum absolute atomic E-state index is 12.0. The van der Waals surface area contributed by atoms with E-state index < -0.39 is 0 Å². The summed E-state index contributed by atoms with van der Waals surface area (Å²) in [5, 5.41) is 18.1. The lowest BCUT2D eigenvalue weighted by Crippen LogP contribution is -2.36. The zero-order valence-corrected chi connectivity index (χ0v) is 9.81. The van der Waals surface area contributed by atoms with Crippen LogP contribution >= 0.6 is 11.6 Å². The molecule has 0 radical (unpaired) electrons. The van der Waals surface area contributed by atoms with Gasteiger partial charge in [0.15, 0.2) is 0 Å². The molecule has 1 aromatic heterocycles. The van der Waals surface area contributed by atoms with E-state index in [4.69, 9.17) is 21.8 Å². The van der Waals surface area contributed by atoms with Crippen molar-refractivity contribution in [1.29, 1.82) is 0 Å². The summed E-state index contributed by atoms with van der Waals surface area (Å²) in [6.45, 7) is 0.123. The van der Waals surface area contributed by atoms with Crippen LogP contribution < -0.4 is 0 Å². The van der Waals surface area contributed by atoms with Gasteiger partial charge in [0.05, 0.1) is 18.2 Å². The first-order valence-electron chi connectivity index (χ1n) is 4.93. The first-order valence-corrected chi connectivity index (χ1v) is 5.30. The maximum atomic E-state index is 12.0. The zero-order chi connectivity index (χ0) is 12.1. The Morgan fingerprint density at radius 2 is 2.00 bits per heavy atom. The van der Waals surface area contributed by atoms with Crippen molar-refractivity contribution in [2.24, 2.45) is 7.05 Å². The van der Waals surface area contributed by atoms with Crippen LogP contribution in [-0.2, 0) is 7.05 Å². The molecule has 0 aliphatic carbocycles. The molecule has 5 nitrogen and oxygen atoms in total. The lowest BCUT2D eigenvalue weighted by molar-refractivity contribution is 0.0675. The minimum Gasteiger partial charge on any atom is -0.395 e. The van der Waals surface area contributed by atoms with Crippen molar-refractivity contribution < 1.29 is 15.0 Å². The molecule has 0 bridgehead atoms. The molecule has 1 aromatic rings. The van der Waals surface area contributed by atoms with E-state index in [0.717, 1.165) is 0 Å². The van der Waals surface area contributed by atoms with Crippen LogP contribution in [0.25, 0.3) is 0 Å². The highest BCUT2D eigenvalue weighted by atomic mass is 35.5. The van der Waals surface area contributed by atoms with E-state index >= 15 is 0 Å². The van der Waals surface area contributed by atoms with Gasteiger partial charge >= 0.3 is 0 Å². The first kappa shape index (κ1) is 13.0. The molecule has 6 heteroatoms. The second kappa shape index (κ2) is 5.89. The van der Waals surface area contributed by atoms with Gasteiger partial charge in [-0.15, -0.1) is 0 Å². The van der Waals surface area contributed by atoms with Crippen molar-refractivity contribution >= 4 is 17.5 Å². The Labute approximate surface area is 98.9 Å². The van der Waals surface area contributed by atoms with Gasteiger partial charge in [-0.05, 0) is 6.07 Å². The third-order valence-electron chi connectivity index (χ3n) is 2.22. The second-order valence-electron chi connectivity index (χ2n) is 3.39. The summed E-state index contributed by atoms with van der Waals surface area (Å²) in [5.41, 5.74) is 0.437. The van der Waals surface area contributed by atoms with Gasteiger partial charge in [-0.2, -0.15) is 0 Å². The Morgan fingerprint density at radius 3 is 2.38 bits per heavy atom. The minimum atomic E-state index is -0.252. The van der Waals surface area contributed by atoms with Gasteiger partial charge in [-0.1, -0.05) is 11.6 Å². The molecule has 0 aliphatic rings. The second-order valence-corrected chi connectivity index (χ2v) is 3.83. The van der Waals surface area contributed by atoms with E-state index in [1.54, 1.807) is 23.9 Å². The summed E-state index contributed by atoms with van der Waals surface area (Å²) < 4.78 is 1.62. The fourth-order valence-corrected chi connectivity index (χ4v) is 1.70. The van der Waals surface area contributed by atoms with Crippen molar-refractivity contribution in [3.63, 3.8) is 0 Å². The summed E-state index contributed by atoms with van der Waals surface area (Å²) in [6.07, 6.45) is 1.63. The Balaban J connectivity index is 2.85. The van der Waals surface area contributed by atoms with Crippen LogP contribution in [0, 0.1) is 0 Å². The Morgan fingerprint density at radius 1 is 1.44 bits per heavy atom. The molecule has 0 spiro atoms. The van der Waals surface area contributed by atoms with Crippen molar-refractivity contribution in [1.82, 2.24) is 9.47 Å². The Hall–Kier alpha value is -1.04. The van der Waals surface area contributed by atoms with Gasteiger partial charge in [0, 0.05) is 26.3 Å². The molecular formula is C10H15ClN2O3. The fourth-order valence-electron chi connectivity index (χ4n) is 1.46. The number of aliphatic hydroxyl groups excluding tert-OH is 2. The standard InChI is InChI=1S/C10H15ClN2O3/c1-12-7-8(11)6-9(12)10(16)13(2-4-14)3-5-15/h6-7,14-15H,2-5H2,1H3. The van der Waals surface area contributed by atoms with Gasteiger partial charge in [0.25, 0.3) is 5.91 Å². The summed E-state index contributed by atoms with van der Waals surface area (Å²) in [6, 6.07) is 1.56. The predicted octanol–water partition coefficient (Wildman–Crippen LogP) is 0.105. The zero-order valence-electron chi connectivity index (χ0n) is 9.06. The van der Waals surface area contributed by atoms with E-state index in [9.17, 15) is 4.79 Å². The molecule has 0 saturated carbocycles. The van der Waals surface area contributed by atoms with Crippen molar-refractivity contribution in [2.75, 3.05) is 26.3 Å². The Kier molecular flexibility index (Phi) is 4.79. The summed E-state index contributed by atoms with van der Waals surface area (Å²) >= 11 is 5.78. The largest absolute Gasteiger partial charge is 0.395 e. The van der Waals surface area contributed by atoms with Gasteiger partial charge in [0.1, 0.15) is 5.69 Å². The monoisotopic (exact) mass is 246 g/mol. The normalized spacial score (nSPS) is 10.5. The van der Waals surface area contributed by atoms with Gasteiger partial charge in [-0.25, -0.2) is 0 Å². The quantitative estimate of drug-likeness (QED) is 0.775. The minimum absolute atomic E-state index is 0.135. The molecule has 1 heterocycles. The number of hydrogen-bond donors (Lipinski definition) is 2. The van der Waals surface area contributed by atoms with E-state index in [-0.39, 0.29) is 32.2 Å². The van der Waals surface area contributed by atoms with Crippen LogP contribution in [0.15, 0.2) is 12.3 Å². The number of hydrogen-bond acceptors (Lipinski definition) is 3. The Bertz CT molecular complexity index is 359. The van der Waals surface area contributed by atoms with Crippen LogP contribution in [0.3, 0.4) is 0 Å². The molecule has 1 rings (SSSR count). The van der Waals surface area contributed by atoms with Crippen LogP contribution in [0.5, 0.6) is 0 Å².